The van der Waals surface area contributed by atoms with E-state index in [2.05, 4.69) is 0 Å². The molecule has 0 aromatic heterocycles. The molecule has 3 aromatic carbocycles. The number of hydrogen-bond acceptors (Lipinski definition) is 6. The van der Waals surface area contributed by atoms with Gasteiger partial charge in [-0.25, -0.2) is 13.3 Å². The van der Waals surface area contributed by atoms with Gasteiger partial charge in [-0.3, -0.25) is 9.59 Å². The lowest BCUT2D eigenvalue weighted by Crippen LogP contribution is -2.46. The van der Waals surface area contributed by atoms with E-state index in [1.165, 1.54) is 38.5 Å². The maximum Gasteiger partial charge on any atom is 0.252 e. The van der Waals surface area contributed by atoms with E-state index >= 15 is 0 Å². The minimum atomic E-state index is -4.14. The normalized spacial score (nSPS) is 16.0. The molecular formula is C26H25ClN2O6S. The number of hydrogen-bond donors (Lipinski definition) is 0. The first-order valence-electron chi connectivity index (χ1n) is 11.2. The number of imide groups is 1. The standard InChI is InChI=1S/C26H25ClN2O6S/c1-34-21-8-6-20(7-9-21)29-25(30)17-24(26(29)31)28(15-14-18-4-3-5-19(27)16-18)36(32,33)23-12-10-22(35-2)11-13-23/h3-13,16,24H,14-15,17H2,1-2H3. The van der Waals surface area contributed by atoms with Crippen LogP contribution in [0.3, 0.4) is 0 Å². The molecule has 36 heavy (non-hydrogen) atoms. The van der Waals surface area contributed by atoms with Crippen LogP contribution < -0.4 is 14.4 Å². The summed E-state index contributed by atoms with van der Waals surface area (Å²) in [5.74, 6) is -0.0157. The smallest absolute Gasteiger partial charge is 0.252 e. The van der Waals surface area contributed by atoms with Crippen molar-refractivity contribution < 1.29 is 27.5 Å². The van der Waals surface area contributed by atoms with Gasteiger partial charge in [-0.05, 0) is 72.6 Å². The van der Waals surface area contributed by atoms with E-state index in [0.29, 0.717) is 28.6 Å². The van der Waals surface area contributed by atoms with Crippen LogP contribution in [-0.4, -0.2) is 51.3 Å². The molecule has 1 unspecified atom stereocenters. The summed E-state index contributed by atoms with van der Waals surface area (Å²) in [6, 6.07) is 18.2. The fraction of sp³-hybridized carbons (Fsp3) is 0.231. The molecule has 0 aliphatic carbocycles. The summed E-state index contributed by atoms with van der Waals surface area (Å²) in [4.78, 5) is 27.4. The van der Waals surface area contributed by atoms with Crippen molar-refractivity contribution in [1.29, 1.82) is 0 Å². The van der Waals surface area contributed by atoms with Crippen LogP contribution in [0.25, 0.3) is 0 Å². The van der Waals surface area contributed by atoms with Gasteiger partial charge in [0.15, 0.2) is 0 Å². The number of ether oxygens (including phenoxy) is 2. The van der Waals surface area contributed by atoms with Crippen LogP contribution in [0.1, 0.15) is 12.0 Å². The predicted molar refractivity (Wildman–Crippen MR) is 136 cm³/mol. The molecule has 3 aromatic rings. The summed E-state index contributed by atoms with van der Waals surface area (Å²) in [7, 11) is -1.14. The molecule has 188 valence electrons. The summed E-state index contributed by atoms with van der Waals surface area (Å²) in [5, 5.41) is 0.523. The maximum atomic E-state index is 13.7. The number of anilines is 1. The molecule has 0 spiro atoms. The van der Waals surface area contributed by atoms with Gasteiger partial charge in [-0.1, -0.05) is 23.7 Å². The maximum absolute atomic E-state index is 13.7. The first-order valence-corrected chi connectivity index (χ1v) is 13.0. The Labute approximate surface area is 215 Å². The molecule has 1 heterocycles. The second-order valence-electron chi connectivity index (χ2n) is 8.16. The summed E-state index contributed by atoms with van der Waals surface area (Å²) in [6.07, 6.45) is 0.0340. The average Bonchev–Trinajstić information content (AvgIpc) is 3.17. The Bertz CT molecular complexity index is 1360. The fourth-order valence-corrected chi connectivity index (χ4v) is 5.90. The number of methoxy groups -OCH3 is 2. The molecule has 8 nitrogen and oxygen atoms in total. The third-order valence-electron chi connectivity index (χ3n) is 5.98. The Balaban J connectivity index is 1.68. The van der Waals surface area contributed by atoms with Crippen molar-refractivity contribution in [3.05, 3.63) is 83.4 Å². The Hall–Kier alpha value is -3.40. The minimum Gasteiger partial charge on any atom is -0.497 e. The third kappa shape index (κ3) is 5.23. The lowest BCUT2D eigenvalue weighted by atomic mass is 10.1. The monoisotopic (exact) mass is 528 g/mol. The van der Waals surface area contributed by atoms with Crippen molar-refractivity contribution in [2.75, 3.05) is 25.7 Å². The SMILES string of the molecule is COc1ccc(N2C(=O)CC(N(CCc3cccc(Cl)c3)S(=O)(=O)c3ccc(OC)cc3)C2=O)cc1. The van der Waals surface area contributed by atoms with Crippen LogP contribution >= 0.6 is 11.6 Å². The van der Waals surface area contributed by atoms with Crippen LogP contribution in [0, 0.1) is 0 Å². The highest BCUT2D eigenvalue weighted by molar-refractivity contribution is 7.89. The van der Waals surface area contributed by atoms with Gasteiger partial charge in [-0.15, -0.1) is 0 Å². The Morgan fingerprint density at radius 3 is 2.14 bits per heavy atom. The van der Waals surface area contributed by atoms with Crippen molar-refractivity contribution in [1.82, 2.24) is 4.31 Å². The number of carbonyl (C=O) groups is 2. The number of rotatable bonds is 9. The quantitative estimate of drug-likeness (QED) is 0.391. The zero-order chi connectivity index (χ0) is 25.9. The molecule has 4 rings (SSSR count). The molecule has 0 radical (unpaired) electrons. The first kappa shape index (κ1) is 25.7. The van der Waals surface area contributed by atoms with Crippen LogP contribution in [0.2, 0.25) is 5.02 Å². The number of benzene rings is 3. The summed E-state index contributed by atoms with van der Waals surface area (Å²) in [5.41, 5.74) is 1.16. The van der Waals surface area contributed by atoms with E-state index in [1.807, 2.05) is 6.07 Å². The number of nitrogens with zero attached hydrogens (tertiary/aromatic N) is 2. The number of sulfonamides is 1. The molecule has 1 aliphatic rings. The average molecular weight is 529 g/mol. The largest absolute Gasteiger partial charge is 0.497 e. The van der Waals surface area contributed by atoms with Crippen molar-refractivity contribution in [3.8, 4) is 11.5 Å². The molecule has 1 aliphatic heterocycles. The lowest BCUT2D eigenvalue weighted by Gasteiger charge is -2.27. The molecule has 0 bridgehead atoms. The Kier molecular flexibility index (Phi) is 7.63. The Morgan fingerprint density at radius 1 is 0.944 bits per heavy atom. The second-order valence-corrected chi connectivity index (χ2v) is 10.5. The topological polar surface area (TPSA) is 93.2 Å². The van der Waals surface area contributed by atoms with Gasteiger partial charge in [0, 0.05) is 11.6 Å². The van der Waals surface area contributed by atoms with Crippen molar-refractivity contribution in [3.63, 3.8) is 0 Å². The van der Waals surface area contributed by atoms with Gasteiger partial charge in [-0.2, -0.15) is 4.31 Å². The highest BCUT2D eigenvalue weighted by Gasteiger charge is 2.46. The summed E-state index contributed by atoms with van der Waals surface area (Å²) >= 11 is 6.09. The predicted octanol–water partition coefficient (Wildman–Crippen LogP) is 3.92. The van der Waals surface area contributed by atoms with E-state index in [1.54, 1.807) is 42.5 Å². The molecular weight excluding hydrogens is 504 g/mol. The van der Waals surface area contributed by atoms with Crippen LogP contribution in [0.5, 0.6) is 11.5 Å². The summed E-state index contributed by atoms with van der Waals surface area (Å²) in [6.45, 7) is -0.0190. The van der Waals surface area contributed by atoms with Crippen LogP contribution in [0.4, 0.5) is 5.69 Å². The van der Waals surface area contributed by atoms with Gasteiger partial charge >= 0.3 is 0 Å². The van der Waals surface area contributed by atoms with Gasteiger partial charge in [0.2, 0.25) is 15.9 Å². The van der Waals surface area contributed by atoms with Crippen LogP contribution in [0.15, 0.2) is 77.7 Å². The molecule has 1 atom stereocenters. The zero-order valence-electron chi connectivity index (χ0n) is 19.8. The third-order valence-corrected chi connectivity index (χ3v) is 8.13. The number of amides is 2. The fourth-order valence-electron chi connectivity index (χ4n) is 4.10. The number of halogens is 1. The minimum absolute atomic E-state index is 0.00228. The van der Waals surface area contributed by atoms with E-state index in [4.69, 9.17) is 21.1 Å². The molecule has 1 fully saturated rings. The summed E-state index contributed by atoms with van der Waals surface area (Å²) < 4.78 is 38.9. The van der Waals surface area contributed by atoms with E-state index in [0.717, 1.165) is 14.8 Å². The van der Waals surface area contributed by atoms with Gasteiger partial charge in [0.25, 0.3) is 5.91 Å². The van der Waals surface area contributed by atoms with Gasteiger partial charge in [0.1, 0.15) is 17.5 Å². The van der Waals surface area contributed by atoms with E-state index < -0.39 is 27.9 Å². The first-order chi connectivity index (χ1) is 17.2. The van der Waals surface area contributed by atoms with Crippen molar-refractivity contribution >= 4 is 39.1 Å². The van der Waals surface area contributed by atoms with Gasteiger partial charge in [0.05, 0.1) is 31.2 Å². The van der Waals surface area contributed by atoms with Crippen molar-refractivity contribution in [2.45, 2.75) is 23.8 Å². The number of carbonyl (C=O) groups excluding carboxylic acids is 2. The molecule has 10 heteroatoms. The van der Waals surface area contributed by atoms with Crippen molar-refractivity contribution in [2.24, 2.45) is 0 Å². The zero-order valence-corrected chi connectivity index (χ0v) is 21.3. The molecule has 1 saturated heterocycles. The van der Waals surface area contributed by atoms with E-state index in [9.17, 15) is 18.0 Å². The molecule has 2 amide bonds. The molecule has 0 N–H and O–H groups in total. The van der Waals surface area contributed by atoms with E-state index in [-0.39, 0.29) is 17.9 Å². The lowest BCUT2D eigenvalue weighted by molar-refractivity contribution is -0.122. The highest BCUT2D eigenvalue weighted by atomic mass is 35.5. The van der Waals surface area contributed by atoms with Gasteiger partial charge < -0.3 is 9.47 Å². The Morgan fingerprint density at radius 2 is 1.56 bits per heavy atom. The highest BCUT2D eigenvalue weighted by Crippen LogP contribution is 2.31. The van der Waals surface area contributed by atoms with Crippen LogP contribution in [-0.2, 0) is 26.0 Å². The second kappa shape index (κ2) is 10.7. The molecule has 0 saturated carbocycles.